The maximum absolute atomic E-state index is 12.1. The number of nitrogens with one attached hydrogen (secondary N) is 1. The van der Waals surface area contributed by atoms with E-state index >= 15 is 0 Å². The van der Waals surface area contributed by atoms with Crippen LogP contribution in [0.4, 0.5) is 0 Å². The number of carbonyl (C=O) groups is 1. The van der Waals surface area contributed by atoms with Crippen molar-refractivity contribution in [2.24, 2.45) is 5.41 Å². The maximum Gasteiger partial charge on any atom is 0.273 e. The molecule has 1 heterocycles. The summed E-state index contributed by atoms with van der Waals surface area (Å²) < 4.78 is 5.06. The lowest BCUT2D eigenvalue weighted by molar-refractivity contribution is 0.0888. The molecule has 0 aliphatic carbocycles. The van der Waals surface area contributed by atoms with Crippen LogP contribution in [0.25, 0.3) is 0 Å². The minimum absolute atomic E-state index is 0.0863. The molecule has 1 aromatic heterocycles. The number of amides is 1. The molecule has 1 rings (SSSR count). The number of hydrogen-bond acceptors (Lipinski definition) is 3. The predicted octanol–water partition coefficient (Wildman–Crippen LogP) is 3.57. The Labute approximate surface area is 115 Å². The molecule has 1 atom stereocenters. The van der Waals surface area contributed by atoms with Gasteiger partial charge in [-0.25, -0.2) is 0 Å². The van der Waals surface area contributed by atoms with Crippen LogP contribution in [0, 0.1) is 5.41 Å². The Balaban J connectivity index is 2.60. The van der Waals surface area contributed by atoms with E-state index in [9.17, 15) is 4.79 Å². The molecule has 4 nitrogen and oxygen atoms in total. The Bertz CT molecular complexity index is 410. The number of aryl methyl sites for hydroxylation is 1. The van der Waals surface area contributed by atoms with Crippen LogP contribution in [0.5, 0.6) is 0 Å². The molecule has 19 heavy (non-hydrogen) atoms. The molecule has 4 heteroatoms. The summed E-state index contributed by atoms with van der Waals surface area (Å²) in [4.78, 5) is 12.1. The minimum atomic E-state index is -0.152. The summed E-state index contributed by atoms with van der Waals surface area (Å²) in [7, 11) is 0. The quantitative estimate of drug-likeness (QED) is 0.820. The molecule has 0 spiro atoms. The summed E-state index contributed by atoms with van der Waals surface area (Å²) >= 11 is 0. The van der Waals surface area contributed by atoms with E-state index in [1.54, 1.807) is 6.07 Å². The smallest absolute Gasteiger partial charge is 0.273 e. The van der Waals surface area contributed by atoms with Crippen molar-refractivity contribution in [3.8, 4) is 0 Å². The van der Waals surface area contributed by atoms with E-state index in [-0.39, 0.29) is 17.4 Å². The average molecular weight is 266 g/mol. The number of hydrogen-bond donors (Lipinski definition) is 1. The van der Waals surface area contributed by atoms with Gasteiger partial charge < -0.3 is 9.84 Å². The number of unbranched alkanes of at least 4 members (excludes halogenated alkanes) is 1. The first-order chi connectivity index (χ1) is 8.90. The van der Waals surface area contributed by atoms with Crippen LogP contribution in [0.3, 0.4) is 0 Å². The molecule has 0 saturated carbocycles. The predicted molar refractivity (Wildman–Crippen MR) is 76.1 cm³/mol. The van der Waals surface area contributed by atoms with Gasteiger partial charge >= 0.3 is 0 Å². The molecule has 1 aromatic rings. The van der Waals surface area contributed by atoms with Gasteiger partial charge in [0.1, 0.15) is 5.76 Å². The van der Waals surface area contributed by atoms with Crippen molar-refractivity contribution in [3.05, 3.63) is 17.5 Å². The number of aromatic nitrogens is 1. The zero-order valence-electron chi connectivity index (χ0n) is 12.7. The third kappa shape index (κ3) is 4.37. The van der Waals surface area contributed by atoms with E-state index in [4.69, 9.17) is 4.52 Å². The van der Waals surface area contributed by atoms with Gasteiger partial charge in [0, 0.05) is 18.5 Å². The maximum atomic E-state index is 12.1. The lowest BCUT2D eigenvalue weighted by Crippen LogP contribution is -2.43. The second kappa shape index (κ2) is 6.73. The van der Waals surface area contributed by atoms with Crippen molar-refractivity contribution in [1.29, 1.82) is 0 Å². The summed E-state index contributed by atoms with van der Waals surface area (Å²) in [6.45, 7) is 10.6. The standard InChI is InChI=1S/C15H26N2O2/c1-6-8-9-15(4,5)11(3)16-14(18)13-10-12(7-2)19-17-13/h10-11H,6-9H2,1-5H3,(H,16,18). The highest BCUT2D eigenvalue weighted by Crippen LogP contribution is 2.27. The van der Waals surface area contributed by atoms with E-state index in [1.807, 2.05) is 13.8 Å². The van der Waals surface area contributed by atoms with Gasteiger partial charge in [0.2, 0.25) is 0 Å². The molecule has 0 aliphatic rings. The second-order valence-corrected chi connectivity index (χ2v) is 5.82. The first kappa shape index (κ1) is 15.7. The third-order valence-electron chi connectivity index (χ3n) is 3.83. The Morgan fingerprint density at radius 3 is 2.68 bits per heavy atom. The highest BCUT2D eigenvalue weighted by molar-refractivity contribution is 5.92. The molecule has 0 aliphatic heterocycles. The first-order valence-electron chi connectivity index (χ1n) is 7.17. The van der Waals surface area contributed by atoms with Gasteiger partial charge in [0.05, 0.1) is 0 Å². The summed E-state index contributed by atoms with van der Waals surface area (Å²) in [5.41, 5.74) is 0.457. The molecule has 1 unspecified atom stereocenters. The van der Waals surface area contributed by atoms with Crippen molar-refractivity contribution in [2.75, 3.05) is 0 Å². The number of nitrogens with zero attached hydrogens (tertiary/aromatic N) is 1. The SMILES string of the molecule is CCCCC(C)(C)C(C)NC(=O)c1cc(CC)on1. The Hall–Kier alpha value is -1.32. The van der Waals surface area contributed by atoms with E-state index in [2.05, 4.69) is 31.2 Å². The van der Waals surface area contributed by atoms with Crippen LogP contribution in [0.2, 0.25) is 0 Å². The van der Waals surface area contributed by atoms with Gasteiger partial charge in [-0.1, -0.05) is 45.7 Å². The fourth-order valence-corrected chi connectivity index (χ4v) is 1.90. The first-order valence-corrected chi connectivity index (χ1v) is 7.17. The number of carbonyl (C=O) groups excluding carboxylic acids is 1. The number of rotatable bonds is 7. The van der Waals surface area contributed by atoms with E-state index in [1.165, 1.54) is 12.8 Å². The van der Waals surface area contributed by atoms with Gasteiger partial charge in [-0.15, -0.1) is 0 Å². The largest absolute Gasteiger partial charge is 0.361 e. The van der Waals surface area contributed by atoms with Crippen molar-refractivity contribution < 1.29 is 9.32 Å². The van der Waals surface area contributed by atoms with Crippen molar-refractivity contribution in [2.45, 2.75) is 66.3 Å². The van der Waals surface area contributed by atoms with Gasteiger partial charge in [0.25, 0.3) is 5.91 Å². The normalized spacial score (nSPS) is 13.3. The van der Waals surface area contributed by atoms with Crippen LogP contribution in [0.1, 0.15) is 70.1 Å². The van der Waals surface area contributed by atoms with Gasteiger partial charge in [-0.05, 0) is 18.8 Å². The van der Waals surface area contributed by atoms with Crippen molar-refractivity contribution in [1.82, 2.24) is 10.5 Å². The lowest BCUT2D eigenvalue weighted by Gasteiger charge is -2.32. The molecule has 0 fully saturated rings. The van der Waals surface area contributed by atoms with Gasteiger partial charge in [-0.3, -0.25) is 4.79 Å². The topological polar surface area (TPSA) is 55.1 Å². The van der Waals surface area contributed by atoms with Crippen LogP contribution in [-0.4, -0.2) is 17.1 Å². The molecular formula is C15H26N2O2. The summed E-state index contributed by atoms with van der Waals surface area (Å²) in [5.74, 6) is 0.587. The Kier molecular flexibility index (Phi) is 5.58. The van der Waals surface area contributed by atoms with Crippen molar-refractivity contribution in [3.63, 3.8) is 0 Å². The highest BCUT2D eigenvalue weighted by Gasteiger charge is 2.27. The second-order valence-electron chi connectivity index (χ2n) is 5.82. The van der Waals surface area contributed by atoms with E-state index in [0.717, 1.165) is 18.6 Å². The van der Waals surface area contributed by atoms with Crippen LogP contribution in [-0.2, 0) is 6.42 Å². The van der Waals surface area contributed by atoms with Gasteiger partial charge in [-0.2, -0.15) is 0 Å². The fourth-order valence-electron chi connectivity index (χ4n) is 1.90. The summed E-state index contributed by atoms with van der Waals surface area (Å²) in [6.07, 6.45) is 4.20. The Morgan fingerprint density at radius 1 is 1.47 bits per heavy atom. The van der Waals surface area contributed by atoms with Crippen LogP contribution >= 0.6 is 0 Å². The Morgan fingerprint density at radius 2 is 2.16 bits per heavy atom. The third-order valence-corrected chi connectivity index (χ3v) is 3.83. The summed E-state index contributed by atoms with van der Waals surface area (Å²) in [6, 6.07) is 1.81. The molecule has 108 valence electrons. The molecule has 1 N–H and O–H groups in total. The molecule has 0 bridgehead atoms. The van der Waals surface area contributed by atoms with Crippen molar-refractivity contribution >= 4 is 5.91 Å². The molecule has 0 radical (unpaired) electrons. The zero-order chi connectivity index (χ0) is 14.5. The molecule has 1 amide bonds. The van der Waals surface area contributed by atoms with Crippen LogP contribution in [0.15, 0.2) is 10.6 Å². The highest BCUT2D eigenvalue weighted by atomic mass is 16.5. The van der Waals surface area contributed by atoms with Gasteiger partial charge in [0.15, 0.2) is 5.69 Å². The molecular weight excluding hydrogens is 240 g/mol. The van der Waals surface area contributed by atoms with Crippen LogP contribution < -0.4 is 5.32 Å². The zero-order valence-corrected chi connectivity index (χ0v) is 12.7. The molecule has 0 saturated heterocycles. The van der Waals surface area contributed by atoms with E-state index in [0.29, 0.717) is 5.69 Å². The fraction of sp³-hybridized carbons (Fsp3) is 0.733. The lowest BCUT2D eigenvalue weighted by atomic mass is 9.80. The summed E-state index contributed by atoms with van der Waals surface area (Å²) in [5, 5.41) is 6.82. The monoisotopic (exact) mass is 266 g/mol. The minimum Gasteiger partial charge on any atom is -0.361 e. The molecule has 0 aromatic carbocycles. The average Bonchev–Trinajstić information content (AvgIpc) is 2.85. The van der Waals surface area contributed by atoms with E-state index < -0.39 is 0 Å².